The second-order valence-electron chi connectivity index (χ2n) is 4.33. The van der Waals surface area contributed by atoms with Crippen LogP contribution in [-0.4, -0.2) is 34.9 Å². The van der Waals surface area contributed by atoms with Crippen molar-refractivity contribution >= 4 is 5.91 Å². The average molecular weight is 239 g/mol. The summed E-state index contributed by atoms with van der Waals surface area (Å²) in [5.74, 6) is -0.0693. The van der Waals surface area contributed by atoms with Gasteiger partial charge in [-0.2, -0.15) is 5.10 Å². The Morgan fingerprint density at radius 2 is 2.29 bits per heavy atom. The lowest BCUT2D eigenvalue weighted by molar-refractivity contribution is 0.0757. The second kappa shape index (κ2) is 6.39. The Morgan fingerprint density at radius 1 is 1.59 bits per heavy atom. The van der Waals surface area contributed by atoms with Gasteiger partial charge in [0.1, 0.15) is 0 Å². The summed E-state index contributed by atoms with van der Waals surface area (Å²) in [6.07, 6.45) is 2.80. The molecule has 5 heteroatoms. The van der Waals surface area contributed by atoms with Gasteiger partial charge in [-0.1, -0.05) is 0 Å². The SMILES string of the molecule is Cc1nn(C)cc1C(=O)NCCCOC(C)C. The molecule has 0 aromatic carbocycles. The average Bonchev–Trinajstić information content (AvgIpc) is 2.56. The Labute approximate surface area is 102 Å². The quantitative estimate of drug-likeness (QED) is 0.761. The molecule has 0 radical (unpaired) electrons. The van der Waals surface area contributed by atoms with Gasteiger partial charge in [-0.25, -0.2) is 0 Å². The molecule has 5 nitrogen and oxygen atoms in total. The van der Waals surface area contributed by atoms with Crippen LogP contribution >= 0.6 is 0 Å². The lowest BCUT2D eigenvalue weighted by Gasteiger charge is -2.07. The number of nitrogens with zero attached hydrogens (tertiary/aromatic N) is 2. The Bertz CT molecular complexity index is 372. The first-order valence-corrected chi connectivity index (χ1v) is 5.90. The third-order valence-corrected chi connectivity index (χ3v) is 2.32. The van der Waals surface area contributed by atoms with Crippen molar-refractivity contribution in [2.24, 2.45) is 7.05 Å². The van der Waals surface area contributed by atoms with Gasteiger partial charge in [0, 0.05) is 26.4 Å². The van der Waals surface area contributed by atoms with E-state index in [-0.39, 0.29) is 12.0 Å². The van der Waals surface area contributed by atoms with Crippen molar-refractivity contribution in [3.63, 3.8) is 0 Å². The van der Waals surface area contributed by atoms with Gasteiger partial charge in [0.25, 0.3) is 5.91 Å². The number of ether oxygens (including phenoxy) is 1. The molecule has 1 aromatic rings. The first kappa shape index (κ1) is 13.7. The molecule has 0 saturated heterocycles. The molecule has 1 rings (SSSR count). The molecule has 1 heterocycles. The molecule has 1 amide bonds. The maximum Gasteiger partial charge on any atom is 0.254 e. The number of carbonyl (C=O) groups excluding carboxylic acids is 1. The number of hydrogen-bond acceptors (Lipinski definition) is 3. The maximum atomic E-state index is 11.8. The van der Waals surface area contributed by atoms with Crippen LogP contribution in [-0.2, 0) is 11.8 Å². The van der Waals surface area contributed by atoms with Crippen molar-refractivity contribution in [2.75, 3.05) is 13.2 Å². The highest BCUT2D eigenvalue weighted by molar-refractivity contribution is 5.94. The van der Waals surface area contributed by atoms with Gasteiger partial charge in [0.15, 0.2) is 0 Å². The largest absolute Gasteiger partial charge is 0.379 e. The highest BCUT2D eigenvalue weighted by Crippen LogP contribution is 2.03. The summed E-state index contributed by atoms with van der Waals surface area (Å²) < 4.78 is 7.03. The van der Waals surface area contributed by atoms with E-state index in [4.69, 9.17) is 4.74 Å². The molecule has 0 fully saturated rings. The van der Waals surface area contributed by atoms with E-state index < -0.39 is 0 Å². The number of rotatable bonds is 6. The number of carbonyl (C=O) groups is 1. The van der Waals surface area contributed by atoms with E-state index in [1.54, 1.807) is 17.9 Å². The van der Waals surface area contributed by atoms with E-state index in [2.05, 4.69) is 10.4 Å². The molecular weight excluding hydrogens is 218 g/mol. The Hall–Kier alpha value is -1.36. The van der Waals surface area contributed by atoms with Gasteiger partial charge in [-0.3, -0.25) is 9.48 Å². The molecule has 0 bridgehead atoms. The van der Waals surface area contributed by atoms with Crippen molar-refractivity contribution in [1.82, 2.24) is 15.1 Å². The fourth-order valence-electron chi connectivity index (χ4n) is 1.51. The summed E-state index contributed by atoms with van der Waals surface area (Å²) in [4.78, 5) is 11.8. The molecule has 0 saturated carbocycles. The molecule has 0 spiro atoms. The molecule has 0 aliphatic carbocycles. The van der Waals surface area contributed by atoms with Crippen LogP contribution in [0.3, 0.4) is 0 Å². The molecule has 0 aliphatic heterocycles. The zero-order chi connectivity index (χ0) is 12.8. The summed E-state index contributed by atoms with van der Waals surface area (Å²) in [5.41, 5.74) is 1.39. The molecule has 1 N–H and O–H groups in total. The summed E-state index contributed by atoms with van der Waals surface area (Å²) in [6.45, 7) is 7.12. The second-order valence-corrected chi connectivity index (χ2v) is 4.33. The van der Waals surface area contributed by atoms with Gasteiger partial charge in [0.2, 0.25) is 0 Å². The number of amides is 1. The fraction of sp³-hybridized carbons (Fsp3) is 0.667. The highest BCUT2D eigenvalue weighted by atomic mass is 16.5. The van der Waals surface area contributed by atoms with Gasteiger partial charge in [-0.15, -0.1) is 0 Å². The minimum Gasteiger partial charge on any atom is -0.379 e. The van der Waals surface area contributed by atoms with Gasteiger partial charge < -0.3 is 10.1 Å². The summed E-state index contributed by atoms with van der Waals surface area (Å²) >= 11 is 0. The van der Waals surface area contributed by atoms with Crippen LogP contribution in [0.15, 0.2) is 6.20 Å². The van der Waals surface area contributed by atoms with Crippen LogP contribution in [0.4, 0.5) is 0 Å². The minimum absolute atomic E-state index is 0.0693. The van der Waals surface area contributed by atoms with Crippen LogP contribution in [0.1, 0.15) is 36.3 Å². The summed E-state index contributed by atoms with van der Waals surface area (Å²) in [6, 6.07) is 0. The molecule has 0 aliphatic rings. The van der Waals surface area contributed by atoms with Gasteiger partial charge >= 0.3 is 0 Å². The van der Waals surface area contributed by atoms with E-state index in [0.29, 0.717) is 18.7 Å². The Morgan fingerprint density at radius 3 is 2.82 bits per heavy atom. The van der Waals surface area contributed by atoms with Crippen molar-refractivity contribution in [3.05, 3.63) is 17.5 Å². The summed E-state index contributed by atoms with van der Waals surface area (Å²) in [7, 11) is 1.81. The molecule has 17 heavy (non-hydrogen) atoms. The number of nitrogens with one attached hydrogen (secondary N) is 1. The maximum absolute atomic E-state index is 11.8. The minimum atomic E-state index is -0.0693. The van der Waals surface area contributed by atoms with E-state index >= 15 is 0 Å². The van der Waals surface area contributed by atoms with E-state index in [9.17, 15) is 4.79 Å². The molecular formula is C12H21N3O2. The Balaban J connectivity index is 2.28. The van der Waals surface area contributed by atoms with Crippen LogP contribution in [0.25, 0.3) is 0 Å². The van der Waals surface area contributed by atoms with Crippen LogP contribution in [0, 0.1) is 6.92 Å². The van der Waals surface area contributed by atoms with E-state index in [1.807, 2.05) is 20.8 Å². The van der Waals surface area contributed by atoms with Crippen molar-refractivity contribution in [2.45, 2.75) is 33.3 Å². The van der Waals surface area contributed by atoms with E-state index in [1.165, 1.54) is 0 Å². The smallest absolute Gasteiger partial charge is 0.254 e. The lowest BCUT2D eigenvalue weighted by Crippen LogP contribution is -2.25. The molecule has 1 aromatic heterocycles. The zero-order valence-electron chi connectivity index (χ0n) is 11.0. The van der Waals surface area contributed by atoms with E-state index in [0.717, 1.165) is 12.1 Å². The monoisotopic (exact) mass is 239 g/mol. The first-order chi connectivity index (χ1) is 8.00. The Kier molecular flexibility index (Phi) is 5.15. The standard InChI is InChI=1S/C12H21N3O2/c1-9(2)17-7-5-6-13-12(16)11-8-15(4)14-10(11)3/h8-9H,5-7H2,1-4H3,(H,13,16). The predicted octanol–water partition coefficient (Wildman–Crippen LogP) is 1.27. The van der Waals surface area contributed by atoms with Gasteiger partial charge in [-0.05, 0) is 27.2 Å². The first-order valence-electron chi connectivity index (χ1n) is 5.90. The third-order valence-electron chi connectivity index (χ3n) is 2.32. The van der Waals surface area contributed by atoms with Gasteiger partial charge in [0.05, 0.1) is 17.4 Å². The van der Waals surface area contributed by atoms with Crippen molar-refractivity contribution in [1.29, 1.82) is 0 Å². The normalized spacial score (nSPS) is 10.9. The van der Waals surface area contributed by atoms with Crippen molar-refractivity contribution < 1.29 is 9.53 Å². The van der Waals surface area contributed by atoms with Crippen LogP contribution < -0.4 is 5.32 Å². The number of aryl methyl sites for hydroxylation is 2. The molecule has 0 unspecified atom stereocenters. The van der Waals surface area contributed by atoms with Crippen molar-refractivity contribution in [3.8, 4) is 0 Å². The zero-order valence-corrected chi connectivity index (χ0v) is 11.0. The van der Waals surface area contributed by atoms with Crippen LogP contribution in [0.5, 0.6) is 0 Å². The summed E-state index contributed by atoms with van der Waals surface area (Å²) in [5, 5.41) is 6.99. The fourth-order valence-corrected chi connectivity index (χ4v) is 1.51. The van der Waals surface area contributed by atoms with Crippen LogP contribution in [0.2, 0.25) is 0 Å². The third kappa shape index (κ3) is 4.56. The highest BCUT2D eigenvalue weighted by Gasteiger charge is 2.11. The molecule has 96 valence electrons. The molecule has 0 atom stereocenters. The lowest BCUT2D eigenvalue weighted by atomic mass is 10.2. The number of aromatic nitrogens is 2. The topological polar surface area (TPSA) is 56.2 Å². The number of hydrogen-bond donors (Lipinski definition) is 1. The predicted molar refractivity (Wildman–Crippen MR) is 66.0 cm³/mol.